The van der Waals surface area contributed by atoms with Crippen LogP contribution in [0.5, 0.6) is 5.75 Å². The molecule has 0 aromatic heterocycles. The lowest BCUT2D eigenvalue weighted by Crippen LogP contribution is -2.12. The van der Waals surface area contributed by atoms with Gasteiger partial charge >= 0.3 is 11.7 Å². The number of nitro groups is 1. The summed E-state index contributed by atoms with van der Waals surface area (Å²) in [6.07, 6.45) is 0. The van der Waals surface area contributed by atoms with Gasteiger partial charge in [-0.15, -0.1) is 0 Å². The van der Waals surface area contributed by atoms with Gasteiger partial charge in [-0.05, 0) is 12.1 Å². The average Bonchev–Trinajstić information content (AvgIpc) is 2.35. The molecular weight excluding hydrogens is 262 g/mol. The van der Waals surface area contributed by atoms with Crippen molar-refractivity contribution in [1.82, 2.24) is 0 Å². The molecule has 0 saturated heterocycles. The third-order valence-corrected chi connectivity index (χ3v) is 2.23. The van der Waals surface area contributed by atoms with Crippen molar-refractivity contribution in [3.8, 4) is 5.75 Å². The summed E-state index contributed by atoms with van der Waals surface area (Å²) in [5.41, 5.74) is -0.220. The van der Waals surface area contributed by atoms with E-state index in [0.29, 0.717) is 0 Å². The van der Waals surface area contributed by atoms with Gasteiger partial charge in [0, 0.05) is 11.1 Å². The Morgan fingerprint density at radius 3 is 2.78 bits per heavy atom. The highest BCUT2D eigenvalue weighted by Gasteiger charge is 2.17. The first-order valence-electron chi connectivity index (χ1n) is 4.78. The molecule has 0 aliphatic heterocycles. The Morgan fingerprint density at radius 2 is 2.22 bits per heavy atom. The fourth-order valence-electron chi connectivity index (χ4n) is 1.12. The number of carbonyl (C=O) groups is 1. The standard InChI is InChI=1S/C11H10ClNO5/c1-7(11(14)17-2)6-18-10-4-3-8(12)5-9(10)13(15)16/h3-5H,1,6H2,2H3. The highest BCUT2D eigenvalue weighted by Crippen LogP contribution is 2.30. The van der Waals surface area contributed by atoms with Crippen LogP contribution in [0.1, 0.15) is 0 Å². The van der Waals surface area contributed by atoms with Crippen molar-refractivity contribution in [3.05, 3.63) is 45.5 Å². The molecule has 0 fully saturated rings. The molecule has 0 amide bonds. The van der Waals surface area contributed by atoms with E-state index in [1.54, 1.807) is 0 Å². The van der Waals surface area contributed by atoms with Crippen LogP contribution < -0.4 is 4.74 Å². The van der Waals surface area contributed by atoms with E-state index in [9.17, 15) is 14.9 Å². The van der Waals surface area contributed by atoms with Crippen molar-refractivity contribution in [3.63, 3.8) is 0 Å². The molecule has 0 aliphatic rings. The van der Waals surface area contributed by atoms with E-state index in [-0.39, 0.29) is 28.6 Å². The van der Waals surface area contributed by atoms with Gasteiger partial charge in [0.05, 0.1) is 17.6 Å². The van der Waals surface area contributed by atoms with Crippen molar-refractivity contribution in [1.29, 1.82) is 0 Å². The molecule has 0 aliphatic carbocycles. The van der Waals surface area contributed by atoms with Crippen LogP contribution in [0.4, 0.5) is 5.69 Å². The molecule has 0 radical (unpaired) electrons. The lowest BCUT2D eigenvalue weighted by atomic mass is 10.3. The second-order valence-electron chi connectivity index (χ2n) is 3.25. The van der Waals surface area contributed by atoms with Gasteiger partial charge in [-0.2, -0.15) is 0 Å². The number of hydrogen-bond donors (Lipinski definition) is 0. The maximum Gasteiger partial charge on any atom is 0.336 e. The van der Waals surface area contributed by atoms with E-state index in [4.69, 9.17) is 16.3 Å². The summed E-state index contributed by atoms with van der Waals surface area (Å²) in [5.74, 6) is -0.624. The average molecular weight is 272 g/mol. The third-order valence-electron chi connectivity index (χ3n) is 1.99. The predicted octanol–water partition coefficient (Wildman–Crippen LogP) is 2.36. The first-order chi connectivity index (χ1) is 8.45. The Hall–Kier alpha value is -2.08. The second-order valence-corrected chi connectivity index (χ2v) is 3.69. The fourth-order valence-corrected chi connectivity index (χ4v) is 1.29. The molecule has 0 bridgehead atoms. The predicted molar refractivity (Wildman–Crippen MR) is 64.8 cm³/mol. The molecule has 0 heterocycles. The molecule has 6 nitrogen and oxygen atoms in total. The number of hydrogen-bond acceptors (Lipinski definition) is 5. The minimum atomic E-state index is -0.633. The summed E-state index contributed by atoms with van der Waals surface area (Å²) in [7, 11) is 1.21. The van der Waals surface area contributed by atoms with Crippen molar-refractivity contribution >= 4 is 23.3 Å². The van der Waals surface area contributed by atoms with E-state index in [1.807, 2.05) is 0 Å². The molecular formula is C11H10ClNO5. The lowest BCUT2D eigenvalue weighted by molar-refractivity contribution is -0.385. The molecule has 0 saturated carbocycles. The number of esters is 1. The van der Waals surface area contributed by atoms with Crippen LogP contribution in [0.25, 0.3) is 0 Å². The van der Waals surface area contributed by atoms with E-state index in [2.05, 4.69) is 11.3 Å². The van der Waals surface area contributed by atoms with Gasteiger partial charge in [0.25, 0.3) is 0 Å². The largest absolute Gasteiger partial charge is 0.482 e. The minimum Gasteiger partial charge on any atom is -0.482 e. The minimum absolute atomic E-state index is 0.00875. The summed E-state index contributed by atoms with van der Waals surface area (Å²) in [5, 5.41) is 11.0. The topological polar surface area (TPSA) is 78.7 Å². The maximum absolute atomic E-state index is 11.0. The van der Waals surface area contributed by atoms with Gasteiger partial charge < -0.3 is 9.47 Å². The number of methoxy groups -OCH3 is 1. The zero-order valence-electron chi connectivity index (χ0n) is 9.51. The van der Waals surface area contributed by atoms with E-state index < -0.39 is 10.9 Å². The quantitative estimate of drug-likeness (QED) is 0.355. The number of benzene rings is 1. The van der Waals surface area contributed by atoms with E-state index in [0.717, 1.165) is 6.07 Å². The molecule has 0 spiro atoms. The molecule has 0 atom stereocenters. The molecule has 0 N–H and O–H groups in total. The van der Waals surface area contributed by atoms with Gasteiger partial charge in [-0.3, -0.25) is 10.1 Å². The fraction of sp³-hybridized carbons (Fsp3) is 0.182. The smallest absolute Gasteiger partial charge is 0.336 e. The Labute approximate surface area is 108 Å². The Bertz CT molecular complexity index is 500. The van der Waals surface area contributed by atoms with Crippen LogP contribution >= 0.6 is 11.6 Å². The number of nitro benzene ring substituents is 1. The monoisotopic (exact) mass is 271 g/mol. The van der Waals surface area contributed by atoms with Crippen molar-refractivity contribution in [2.45, 2.75) is 0 Å². The Balaban J connectivity index is 2.82. The van der Waals surface area contributed by atoms with Gasteiger partial charge in [-0.1, -0.05) is 18.2 Å². The van der Waals surface area contributed by atoms with Crippen molar-refractivity contribution < 1.29 is 19.2 Å². The molecule has 0 unspecified atom stereocenters. The number of halogens is 1. The summed E-state index contributed by atoms with van der Waals surface area (Å²) < 4.78 is 9.56. The van der Waals surface area contributed by atoms with Crippen LogP contribution in [0, 0.1) is 10.1 Å². The van der Waals surface area contributed by atoms with Crippen LogP contribution in [0.2, 0.25) is 5.02 Å². The van der Waals surface area contributed by atoms with Crippen LogP contribution in [0.3, 0.4) is 0 Å². The second kappa shape index (κ2) is 6.02. The normalized spacial score (nSPS) is 9.67. The van der Waals surface area contributed by atoms with Crippen molar-refractivity contribution in [2.24, 2.45) is 0 Å². The zero-order valence-corrected chi connectivity index (χ0v) is 10.3. The van der Waals surface area contributed by atoms with Gasteiger partial charge in [-0.25, -0.2) is 4.79 Å². The lowest BCUT2D eigenvalue weighted by Gasteiger charge is -2.07. The zero-order chi connectivity index (χ0) is 13.7. The summed E-state index contributed by atoms with van der Waals surface area (Å²) in [6.45, 7) is 3.24. The summed E-state index contributed by atoms with van der Waals surface area (Å²) >= 11 is 5.64. The highest BCUT2D eigenvalue weighted by molar-refractivity contribution is 6.30. The number of rotatable bonds is 5. The third kappa shape index (κ3) is 3.46. The number of nitrogens with zero attached hydrogens (tertiary/aromatic N) is 1. The Kier molecular flexibility index (Phi) is 4.67. The first-order valence-corrected chi connectivity index (χ1v) is 5.16. The SMILES string of the molecule is C=C(COc1ccc(Cl)cc1[N+](=O)[O-])C(=O)OC. The molecule has 96 valence electrons. The Morgan fingerprint density at radius 1 is 1.56 bits per heavy atom. The highest BCUT2D eigenvalue weighted by atomic mass is 35.5. The first kappa shape index (κ1) is 14.0. The van der Waals surface area contributed by atoms with Crippen LogP contribution in [-0.2, 0) is 9.53 Å². The summed E-state index contributed by atoms with van der Waals surface area (Å²) in [6, 6.07) is 3.97. The number of carbonyl (C=O) groups excluding carboxylic acids is 1. The number of ether oxygens (including phenoxy) is 2. The molecule has 18 heavy (non-hydrogen) atoms. The van der Waals surface area contributed by atoms with Crippen LogP contribution in [-0.4, -0.2) is 24.6 Å². The molecule has 7 heteroatoms. The van der Waals surface area contributed by atoms with Crippen molar-refractivity contribution in [2.75, 3.05) is 13.7 Å². The van der Waals surface area contributed by atoms with Gasteiger partial charge in [0.1, 0.15) is 6.61 Å². The van der Waals surface area contributed by atoms with E-state index >= 15 is 0 Å². The molecule has 1 aromatic carbocycles. The molecule has 1 aromatic rings. The maximum atomic E-state index is 11.0. The van der Waals surface area contributed by atoms with Gasteiger partial charge in [0.15, 0.2) is 5.75 Å². The van der Waals surface area contributed by atoms with Crippen LogP contribution in [0.15, 0.2) is 30.4 Å². The van der Waals surface area contributed by atoms with E-state index in [1.165, 1.54) is 19.2 Å². The summed E-state index contributed by atoms with van der Waals surface area (Å²) in [4.78, 5) is 21.2. The van der Waals surface area contributed by atoms with Gasteiger partial charge in [0.2, 0.25) is 0 Å². The molecule has 1 rings (SSSR count).